The highest BCUT2D eigenvalue weighted by atomic mass is 35.5. The smallest absolute Gasteiger partial charge is 0.314 e. The monoisotopic (exact) mass is 523 g/mol. The summed E-state index contributed by atoms with van der Waals surface area (Å²) in [6.07, 6.45) is 0.307. The molecule has 2 aliphatic heterocycles. The Hall–Kier alpha value is -2.47. The van der Waals surface area contributed by atoms with Crippen molar-refractivity contribution in [1.82, 2.24) is 20.1 Å². The Morgan fingerprint density at radius 2 is 1.97 bits per heavy atom. The van der Waals surface area contributed by atoms with Crippen molar-refractivity contribution >= 4 is 28.3 Å². The van der Waals surface area contributed by atoms with E-state index >= 15 is 0 Å². The second-order valence-corrected chi connectivity index (χ2v) is 10.6. The number of hydrogen-bond donors (Lipinski definition) is 0. The van der Waals surface area contributed by atoms with E-state index in [-0.39, 0.29) is 17.7 Å². The van der Waals surface area contributed by atoms with Crippen LogP contribution in [0, 0.1) is 0 Å². The number of piperidine rings is 1. The average Bonchev–Trinajstić information content (AvgIpc) is 3.33. The zero-order valence-electron chi connectivity index (χ0n) is 18.7. The maximum atomic E-state index is 13.7. The summed E-state index contributed by atoms with van der Waals surface area (Å²) in [7, 11) is -1.31. The molecule has 1 aromatic carbocycles. The number of likely N-dealkylation sites (tertiary alicyclic amines) is 1. The number of anilines is 1. The summed E-state index contributed by atoms with van der Waals surface area (Å²) in [5.74, 6) is -0.763. The van der Waals surface area contributed by atoms with E-state index in [9.17, 15) is 13.0 Å². The van der Waals surface area contributed by atoms with Crippen molar-refractivity contribution in [3.63, 3.8) is 0 Å². The number of aromatic nitrogens is 3. The van der Waals surface area contributed by atoms with Crippen molar-refractivity contribution in [2.24, 2.45) is 0 Å². The maximum absolute atomic E-state index is 13.7. The number of hydrogen-bond acceptors (Lipinski definition) is 7. The Balaban J connectivity index is 1.32. The molecule has 2 fully saturated rings. The van der Waals surface area contributed by atoms with Crippen LogP contribution in [0.4, 0.5) is 14.5 Å². The lowest BCUT2D eigenvalue weighted by atomic mass is 10.1. The van der Waals surface area contributed by atoms with Crippen molar-refractivity contribution in [3.05, 3.63) is 59.2 Å². The lowest BCUT2D eigenvalue weighted by molar-refractivity contribution is -0.0694. The Kier molecular flexibility index (Phi) is 7.37. The van der Waals surface area contributed by atoms with Crippen molar-refractivity contribution in [2.45, 2.75) is 37.1 Å². The van der Waals surface area contributed by atoms with E-state index in [0.29, 0.717) is 22.3 Å². The average molecular weight is 524 g/mol. The summed E-state index contributed by atoms with van der Waals surface area (Å²) in [5, 5.41) is 7.56. The third-order valence-electron chi connectivity index (χ3n) is 6.22. The van der Waals surface area contributed by atoms with Crippen LogP contribution >= 0.6 is 11.6 Å². The van der Waals surface area contributed by atoms with E-state index in [1.807, 2.05) is 16.4 Å². The van der Waals surface area contributed by atoms with Gasteiger partial charge in [0.1, 0.15) is 11.0 Å². The highest BCUT2D eigenvalue weighted by molar-refractivity contribution is 7.87. The number of pyridine rings is 1. The first kappa shape index (κ1) is 24.2. The van der Waals surface area contributed by atoms with Gasteiger partial charge >= 0.3 is 6.43 Å². The lowest BCUT2D eigenvalue weighted by Gasteiger charge is -2.41. The SMILES string of the molecule is O=S(C1CCN(C2COC2)CC1)N(Cc1ccc(-c2nnc(C(F)F)o2)cn1)c1cccc(Cl)c1. The van der Waals surface area contributed by atoms with Gasteiger partial charge in [-0.25, -0.2) is 4.21 Å². The third kappa shape index (κ3) is 5.53. The van der Waals surface area contributed by atoms with Crippen molar-refractivity contribution in [2.75, 3.05) is 30.6 Å². The first-order chi connectivity index (χ1) is 17.0. The van der Waals surface area contributed by atoms with Crippen LogP contribution < -0.4 is 4.31 Å². The number of halogens is 3. The molecule has 0 saturated carbocycles. The van der Waals surface area contributed by atoms with Gasteiger partial charge in [-0.3, -0.25) is 14.2 Å². The van der Waals surface area contributed by atoms with E-state index < -0.39 is 23.3 Å². The van der Waals surface area contributed by atoms with E-state index in [2.05, 4.69) is 20.1 Å². The Labute approximate surface area is 208 Å². The second kappa shape index (κ2) is 10.7. The summed E-state index contributed by atoms with van der Waals surface area (Å²) in [6, 6.07) is 11.2. The number of nitrogens with zero attached hydrogens (tertiary/aromatic N) is 5. The molecule has 0 bridgehead atoms. The fourth-order valence-corrected chi connectivity index (χ4v) is 5.92. The molecule has 35 heavy (non-hydrogen) atoms. The van der Waals surface area contributed by atoms with E-state index in [4.69, 9.17) is 20.8 Å². The topological polar surface area (TPSA) is 84.6 Å². The lowest BCUT2D eigenvalue weighted by Crippen LogP contribution is -2.53. The van der Waals surface area contributed by atoms with Crippen LogP contribution in [0.2, 0.25) is 5.02 Å². The maximum Gasteiger partial charge on any atom is 0.314 e. The van der Waals surface area contributed by atoms with Gasteiger partial charge in [-0.15, -0.1) is 10.2 Å². The highest BCUT2D eigenvalue weighted by Gasteiger charge is 2.33. The summed E-state index contributed by atoms with van der Waals surface area (Å²) >= 11 is 6.24. The van der Waals surface area contributed by atoms with Gasteiger partial charge in [0.2, 0.25) is 5.89 Å². The molecule has 5 rings (SSSR count). The minimum atomic E-state index is -2.83. The molecule has 0 radical (unpaired) electrons. The minimum Gasteiger partial charge on any atom is -0.415 e. The van der Waals surface area contributed by atoms with Gasteiger partial charge in [0, 0.05) is 11.2 Å². The largest absolute Gasteiger partial charge is 0.415 e. The molecule has 0 aliphatic carbocycles. The molecule has 2 aromatic heterocycles. The van der Waals surface area contributed by atoms with Gasteiger partial charge in [-0.2, -0.15) is 8.78 Å². The molecular formula is C23H24ClF2N5O3S. The fraction of sp³-hybridized carbons (Fsp3) is 0.435. The number of alkyl halides is 2. The molecule has 12 heteroatoms. The molecule has 0 amide bonds. The van der Waals surface area contributed by atoms with E-state index in [1.54, 1.807) is 24.3 Å². The second-order valence-electron chi connectivity index (χ2n) is 8.50. The van der Waals surface area contributed by atoms with Crippen LogP contribution in [0.15, 0.2) is 47.0 Å². The molecule has 0 spiro atoms. The van der Waals surface area contributed by atoms with Crippen LogP contribution in [-0.4, -0.2) is 61.9 Å². The standard InChI is InChI=1S/C23H24ClF2N5O3S/c24-16-2-1-3-18(10-16)31(35(32)20-6-8-30(9-7-20)19-13-33-14-19)12-17-5-4-15(11-27-17)22-28-29-23(34-22)21(25)26/h1-5,10-11,19-21H,6-9,12-14H2. The van der Waals surface area contributed by atoms with Gasteiger partial charge in [0.15, 0.2) is 0 Å². The van der Waals surface area contributed by atoms with Crippen molar-refractivity contribution in [1.29, 1.82) is 0 Å². The van der Waals surface area contributed by atoms with Gasteiger partial charge in [-0.1, -0.05) is 17.7 Å². The Bertz CT molecular complexity index is 1170. The quantitative estimate of drug-likeness (QED) is 0.436. The Morgan fingerprint density at radius 1 is 1.17 bits per heavy atom. The molecule has 4 heterocycles. The third-order valence-corrected chi connectivity index (χ3v) is 8.27. The van der Waals surface area contributed by atoms with Crippen LogP contribution in [0.3, 0.4) is 0 Å². The van der Waals surface area contributed by atoms with Crippen molar-refractivity contribution in [3.8, 4) is 11.5 Å². The first-order valence-electron chi connectivity index (χ1n) is 11.3. The van der Waals surface area contributed by atoms with Crippen LogP contribution in [0.1, 0.15) is 30.9 Å². The summed E-state index contributed by atoms with van der Waals surface area (Å²) < 4.78 is 51.4. The van der Waals surface area contributed by atoms with Gasteiger partial charge in [0.05, 0.1) is 48.0 Å². The fourth-order valence-electron chi connectivity index (χ4n) is 4.18. The normalized spacial score (nSPS) is 18.5. The molecule has 2 saturated heterocycles. The highest BCUT2D eigenvalue weighted by Crippen LogP contribution is 2.29. The molecule has 3 aromatic rings. The minimum absolute atomic E-state index is 0.0108. The predicted octanol–water partition coefficient (Wildman–Crippen LogP) is 4.26. The summed E-state index contributed by atoms with van der Waals surface area (Å²) in [6.45, 7) is 3.63. The zero-order chi connectivity index (χ0) is 24.4. The molecule has 186 valence electrons. The number of ether oxygens (including phenoxy) is 1. The first-order valence-corrected chi connectivity index (χ1v) is 12.8. The molecular weight excluding hydrogens is 500 g/mol. The molecule has 2 aliphatic rings. The summed E-state index contributed by atoms with van der Waals surface area (Å²) in [4.78, 5) is 6.85. The van der Waals surface area contributed by atoms with Crippen LogP contribution in [0.25, 0.3) is 11.5 Å². The molecule has 1 unspecified atom stereocenters. The molecule has 1 atom stereocenters. The van der Waals surface area contributed by atoms with Gasteiger partial charge < -0.3 is 9.15 Å². The molecule has 0 N–H and O–H groups in total. The molecule has 8 nitrogen and oxygen atoms in total. The Morgan fingerprint density at radius 3 is 2.57 bits per heavy atom. The van der Waals surface area contributed by atoms with Gasteiger partial charge in [0.25, 0.3) is 5.89 Å². The van der Waals surface area contributed by atoms with E-state index in [0.717, 1.165) is 44.8 Å². The predicted molar refractivity (Wildman–Crippen MR) is 127 cm³/mol. The van der Waals surface area contributed by atoms with Gasteiger partial charge in [-0.05, 0) is 56.3 Å². The zero-order valence-corrected chi connectivity index (χ0v) is 20.3. The number of benzene rings is 1. The van der Waals surface area contributed by atoms with E-state index in [1.165, 1.54) is 6.20 Å². The van der Waals surface area contributed by atoms with Crippen molar-refractivity contribution < 1.29 is 22.1 Å². The number of rotatable bonds is 8. The van der Waals surface area contributed by atoms with Crippen LogP contribution in [0.5, 0.6) is 0 Å². The summed E-state index contributed by atoms with van der Waals surface area (Å²) in [5.41, 5.74) is 1.82. The van der Waals surface area contributed by atoms with Crippen LogP contribution in [-0.2, 0) is 22.3 Å².